The van der Waals surface area contributed by atoms with Crippen molar-refractivity contribution in [2.75, 3.05) is 0 Å². The van der Waals surface area contributed by atoms with Gasteiger partial charge in [0, 0.05) is 10.2 Å². The minimum Gasteiger partial charge on any atom is -0.207 e. The molecule has 24 heavy (non-hydrogen) atoms. The molecule has 1 aliphatic carbocycles. The van der Waals surface area contributed by atoms with Gasteiger partial charge < -0.3 is 0 Å². The van der Waals surface area contributed by atoms with Crippen LogP contribution < -0.4 is 0 Å². The molecule has 2 heteroatoms. The van der Waals surface area contributed by atoms with Crippen molar-refractivity contribution in [2.45, 2.75) is 51.5 Å². The van der Waals surface area contributed by atoms with Crippen LogP contribution in [0.4, 0.5) is 4.39 Å². The molecule has 2 aromatic rings. The highest BCUT2D eigenvalue weighted by atomic mass is 28.1. The summed E-state index contributed by atoms with van der Waals surface area (Å²) in [5.41, 5.74) is 4.18. The van der Waals surface area contributed by atoms with Crippen molar-refractivity contribution in [3.8, 4) is 11.1 Å². The normalized spacial score (nSPS) is 21.1. The predicted octanol–water partition coefficient (Wildman–Crippen LogP) is 5.32. The third-order valence-corrected chi connectivity index (χ3v) is 7.00. The lowest BCUT2D eigenvalue weighted by molar-refractivity contribution is 0.278. The molecule has 0 amide bonds. The first-order chi connectivity index (χ1) is 11.7. The van der Waals surface area contributed by atoms with Gasteiger partial charge in [0.2, 0.25) is 0 Å². The van der Waals surface area contributed by atoms with Crippen molar-refractivity contribution in [2.24, 2.45) is 11.8 Å². The summed E-state index contributed by atoms with van der Waals surface area (Å²) in [5, 5.41) is 0. The quantitative estimate of drug-likeness (QED) is 0.646. The molecule has 0 unspecified atom stereocenters. The van der Waals surface area contributed by atoms with Crippen LogP contribution in [0, 0.1) is 24.6 Å². The summed E-state index contributed by atoms with van der Waals surface area (Å²) in [7, 11) is 1.37. The smallest absolute Gasteiger partial charge is 0.126 e. The summed E-state index contributed by atoms with van der Waals surface area (Å²) in [6.45, 7) is 1.80. The van der Waals surface area contributed by atoms with Crippen LogP contribution in [-0.2, 0) is 6.42 Å². The molecule has 1 saturated carbocycles. The fourth-order valence-corrected chi connectivity index (χ4v) is 4.75. The molecule has 3 rings (SSSR count). The molecule has 0 saturated heterocycles. The van der Waals surface area contributed by atoms with Crippen LogP contribution in [0.25, 0.3) is 11.1 Å². The van der Waals surface area contributed by atoms with Gasteiger partial charge in [-0.25, -0.2) is 4.39 Å². The lowest BCUT2D eigenvalue weighted by Gasteiger charge is -2.27. The van der Waals surface area contributed by atoms with Gasteiger partial charge >= 0.3 is 0 Å². The average Bonchev–Trinajstić information content (AvgIpc) is 2.63. The van der Waals surface area contributed by atoms with E-state index in [9.17, 15) is 4.39 Å². The van der Waals surface area contributed by atoms with E-state index in [1.807, 2.05) is 12.1 Å². The van der Waals surface area contributed by atoms with E-state index in [-0.39, 0.29) is 5.82 Å². The van der Waals surface area contributed by atoms with Crippen molar-refractivity contribution in [1.82, 2.24) is 0 Å². The number of hydrogen-bond donors (Lipinski definition) is 0. The minimum atomic E-state index is -0.123. The zero-order valence-electron chi connectivity index (χ0n) is 15.0. The summed E-state index contributed by atoms with van der Waals surface area (Å²) < 4.78 is 13.7. The summed E-state index contributed by atoms with van der Waals surface area (Å²) in [4.78, 5) is 0. The third kappa shape index (κ3) is 4.35. The standard InChI is InChI=1S/C22H29FSi/c1-16-2-11-21(14-22(16)23)20-12-9-18(10-13-20)4-3-17-5-7-19(15-24)8-6-17/h2,9-14,17,19H,3-8,15H2,1,24H3. The van der Waals surface area contributed by atoms with Crippen molar-refractivity contribution in [3.63, 3.8) is 0 Å². The van der Waals surface area contributed by atoms with E-state index in [0.29, 0.717) is 5.56 Å². The maximum atomic E-state index is 13.7. The maximum Gasteiger partial charge on any atom is 0.126 e. The fourth-order valence-electron chi connectivity index (χ4n) is 3.94. The third-order valence-electron chi connectivity index (χ3n) is 5.84. The molecule has 2 aromatic carbocycles. The largest absolute Gasteiger partial charge is 0.207 e. The zero-order chi connectivity index (χ0) is 16.9. The maximum absolute atomic E-state index is 13.7. The Hall–Kier alpha value is -1.41. The Morgan fingerprint density at radius 1 is 0.917 bits per heavy atom. The summed E-state index contributed by atoms with van der Waals surface area (Å²) in [5.74, 6) is 1.85. The van der Waals surface area contributed by atoms with Gasteiger partial charge in [-0.2, -0.15) is 0 Å². The minimum absolute atomic E-state index is 0.123. The molecule has 0 aromatic heterocycles. The molecule has 0 radical (unpaired) electrons. The van der Waals surface area contributed by atoms with Gasteiger partial charge in [0.25, 0.3) is 0 Å². The second-order valence-corrected chi connectivity index (χ2v) is 8.31. The van der Waals surface area contributed by atoms with Crippen LogP contribution >= 0.6 is 0 Å². The molecular formula is C22H29FSi. The molecular weight excluding hydrogens is 311 g/mol. The number of aryl methyl sites for hydroxylation is 2. The Bertz CT molecular complexity index is 654. The molecule has 0 heterocycles. The monoisotopic (exact) mass is 340 g/mol. The second kappa shape index (κ2) is 8.11. The molecule has 1 aliphatic rings. The van der Waals surface area contributed by atoms with E-state index < -0.39 is 0 Å². The first kappa shape index (κ1) is 17.4. The Morgan fingerprint density at radius 2 is 1.54 bits per heavy atom. The highest BCUT2D eigenvalue weighted by molar-refractivity contribution is 6.08. The van der Waals surface area contributed by atoms with Crippen LogP contribution in [0.15, 0.2) is 42.5 Å². The van der Waals surface area contributed by atoms with Crippen molar-refractivity contribution in [1.29, 1.82) is 0 Å². The number of rotatable bonds is 5. The molecule has 0 spiro atoms. The fraction of sp³-hybridized carbons (Fsp3) is 0.455. The van der Waals surface area contributed by atoms with Crippen molar-refractivity contribution >= 4 is 10.2 Å². The number of benzene rings is 2. The molecule has 0 atom stereocenters. The van der Waals surface area contributed by atoms with E-state index in [0.717, 1.165) is 23.0 Å². The molecule has 0 N–H and O–H groups in total. The highest BCUT2D eigenvalue weighted by Crippen LogP contribution is 2.33. The van der Waals surface area contributed by atoms with Crippen LogP contribution in [0.2, 0.25) is 6.04 Å². The van der Waals surface area contributed by atoms with E-state index >= 15 is 0 Å². The topological polar surface area (TPSA) is 0 Å². The lowest BCUT2D eigenvalue weighted by atomic mass is 9.80. The Balaban J connectivity index is 1.56. The van der Waals surface area contributed by atoms with Crippen LogP contribution in [0.1, 0.15) is 43.2 Å². The highest BCUT2D eigenvalue weighted by Gasteiger charge is 2.19. The van der Waals surface area contributed by atoms with Gasteiger partial charge in [-0.3, -0.25) is 0 Å². The average molecular weight is 341 g/mol. The van der Waals surface area contributed by atoms with E-state index in [4.69, 9.17) is 0 Å². The van der Waals surface area contributed by atoms with E-state index in [1.165, 1.54) is 60.4 Å². The van der Waals surface area contributed by atoms with Gasteiger partial charge in [-0.15, -0.1) is 0 Å². The molecule has 0 bridgehead atoms. The zero-order valence-corrected chi connectivity index (χ0v) is 17.0. The van der Waals surface area contributed by atoms with Crippen LogP contribution in [-0.4, -0.2) is 10.2 Å². The molecule has 1 fully saturated rings. The van der Waals surface area contributed by atoms with Gasteiger partial charge in [0.15, 0.2) is 0 Å². The number of hydrogen-bond acceptors (Lipinski definition) is 0. The molecule has 0 nitrogen and oxygen atoms in total. The molecule has 0 aliphatic heterocycles. The first-order valence-electron chi connectivity index (χ1n) is 9.51. The van der Waals surface area contributed by atoms with Crippen LogP contribution in [0.3, 0.4) is 0 Å². The van der Waals surface area contributed by atoms with Crippen molar-refractivity contribution < 1.29 is 4.39 Å². The van der Waals surface area contributed by atoms with Crippen LogP contribution in [0.5, 0.6) is 0 Å². The van der Waals surface area contributed by atoms with E-state index in [2.05, 4.69) is 24.3 Å². The first-order valence-corrected chi connectivity index (χ1v) is 10.9. The summed E-state index contributed by atoms with van der Waals surface area (Å²) >= 11 is 0. The Kier molecular flexibility index (Phi) is 5.88. The van der Waals surface area contributed by atoms with Gasteiger partial charge in [0.05, 0.1) is 0 Å². The lowest BCUT2D eigenvalue weighted by Crippen LogP contribution is -2.14. The SMILES string of the molecule is Cc1ccc(-c2ccc(CCC3CCC(C[SiH3])CC3)cc2)cc1F. The summed E-state index contributed by atoms with van der Waals surface area (Å²) in [6.07, 6.45) is 8.31. The second-order valence-electron chi connectivity index (χ2n) is 7.49. The van der Waals surface area contributed by atoms with Gasteiger partial charge in [-0.05, 0) is 59.9 Å². The number of halogens is 1. The van der Waals surface area contributed by atoms with Gasteiger partial charge in [-0.1, -0.05) is 68.1 Å². The predicted molar refractivity (Wildman–Crippen MR) is 105 cm³/mol. The van der Waals surface area contributed by atoms with E-state index in [1.54, 1.807) is 13.0 Å². The Labute approximate surface area is 148 Å². The van der Waals surface area contributed by atoms with Gasteiger partial charge in [0.1, 0.15) is 5.82 Å². The van der Waals surface area contributed by atoms with Crippen molar-refractivity contribution in [3.05, 3.63) is 59.4 Å². The molecule has 128 valence electrons. The Morgan fingerprint density at radius 3 is 2.17 bits per heavy atom. The summed E-state index contributed by atoms with van der Waals surface area (Å²) in [6, 6.07) is 15.7.